The summed E-state index contributed by atoms with van der Waals surface area (Å²) in [6, 6.07) is 5.03. The fourth-order valence-corrected chi connectivity index (χ4v) is 2.07. The number of hydrogen-bond acceptors (Lipinski definition) is 2. The zero-order valence-electron chi connectivity index (χ0n) is 11.3. The number of nitrogens with zero attached hydrogens (tertiary/aromatic N) is 1. The lowest BCUT2D eigenvalue weighted by atomic mass is 10.0. The minimum atomic E-state index is -0.951. The molecule has 0 aromatic heterocycles. The maximum absolute atomic E-state index is 11.2. The smallest absolute Gasteiger partial charge is 0.407 e. The summed E-state index contributed by atoms with van der Waals surface area (Å²) in [5, 5.41) is 9.67. The highest BCUT2D eigenvalue weighted by molar-refractivity contribution is 6.31. The number of hydrogen-bond donors (Lipinski definition) is 1. The van der Waals surface area contributed by atoms with Gasteiger partial charge in [0.05, 0.1) is 0 Å². The molecule has 4 nitrogen and oxygen atoms in total. The second kappa shape index (κ2) is 6.06. The summed E-state index contributed by atoms with van der Waals surface area (Å²) in [6.07, 6.45) is 0.295. The predicted octanol–water partition coefficient (Wildman–Crippen LogP) is 3.47. The number of aldehydes is 1. The molecule has 0 atom stereocenters. The van der Waals surface area contributed by atoms with E-state index < -0.39 is 11.6 Å². The van der Waals surface area contributed by atoms with Gasteiger partial charge >= 0.3 is 6.09 Å². The van der Waals surface area contributed by atoms with Crippen LogP contribution in [0, 0.1) is 0 Å². The van der Waals surface area contributed by atoms with Crippen LogP contribution < -0.4 is 0 Å². The molecule has 1 amide bonds. The van der Waals surface area contributed by atoms with E-state index in [1.165, 1.54) is 4.90 Å². The van der Waals surface area contributed by atoms with E-state index >= 15 is 0 Å². The van der Waals surface area contributed by atoms with Crippen molar-refractivity contribution < 1.29 is 14.7 Å². The van der Waals surface area contributed by atoms with Crippen molar-refractivity contribution in [2.24, 2.45) is 0 Å². The molecule has 19 heavy (non-hydrogen) atoms. The summed E-state index contributed by atoms with van der Waals surface area (Å²) in [5.74, 6) is 0. The number of carbonyl (C=O) groups excluding carboxylic acids is 1. The van der Waals surface area contributed by atoms with Crippen LogP contribution in [0.3, 0.4) is 0 Å². The van der Waals surface area contributed by atoms with Crippen LogP contribution in [0.4, 0.5) is 4.79 Å². The Hall–Kier alpha value is -1.55. The van der Waals surface area contributed by atoms with E-state index in [-0.39, 0.29) is 0 Å². The molecule has 0 unspecified atom stereocenters. The molecule has 0 aliphatic carbocycles. The molecule has 0 spiro atoms. The van der Waals surface area contributed by atoms with Gasteiger partial charge in [0.1, 0.15) is 6.29 Å². The number of carbonyl (C=O) groups is 2. The lowest BCUT2D eigenvalue weighted by molar-refractivity contribution is 0.101. The lowest BCUT2D eigenvalue weighted by Gasteiger charge is -2.33. The molecule has 1 N–H and O–H groups in total. The van der Waals surface area contributed by atoms with Crippen LogP contribution in [0.25, 0.3) is 0 Å². The zero-order valence-corrected chi connectivity index (χ0v) is 12.1. The van der Waals surface area contributed by atoms with E-state index in [2.05, 4.69) is 0 Å². The Labute approximate surface area is 118 Å². The number of rotatable bonds is 4. The molecule has 0 saturated heterocycles. The van der Waals surface area contributed by atoms with Gasteiger partial charge in [-0.25, -0.2) is 4.79 Å². The number of halogens is 1. The third-order valence-electron chi connectivity index (χ3n) is 2.86. The second-order valence-corrected chi connectivity index (χ2v) is 5.73. The van der Waals surface area contributed by atoms with Crippen molar-refractivity contribution in [1.29, 1.82) is 0 Å². The predicted molar refractivity (Wildman–Crippen MR) is 75.0 cm³/mol. The van der Waals surface area contributed by atoms with Gasteiger partial charge in [-0.05, 0) is 38.8 Å². The highest BCUT2D eigenvalue weighted by Gasteiger charge is 2.25. The molecule has 0 aliphatic heterocycles. The molecular formula is C14H18ClNO3. The summed E-state index contributed by atoms with van der Waals surface area (Å²) in [4.78, 5) is 23.2. The van der Waals surface area contributed by atoms with E-state index in [0.717, 1.165) is 11.8 Å². The second-order valence-electron chi connectivity index (χ2n) is 5.32. The van der Waals surface area contributed by atoms with E-state index in [4.69, 9.17) is 11.6 Å². The molecule has 0 radical (unpaired) electrons. The standard InChI is InChI=1S/C14H18ClNO3/c1-14(2,3)16(13(18)19)7-6-11-5-4-10(9-17)8-12(11)15/h4-5,8-9H,6-7H2,1-3H3,(H,18,19). The van der Waals surface area contributed by atoms with Gasteiger partial charge in [-0.15, -0.1) is 0 Å². The summed E-state index contributed by atoms with van der Waals surface area (Å²) >= 11 is 6.06. The van der Waals surface area contributed by atoms with Crippen molar-refractivity contribution in [3.63, 3.8) is 0 Å². The van der Waals surface area contributed by atoms with Crippen LogP contribution in [-0.4, -0.2) is 34.5 Å². The lowest BCUT2D eigenvalue weighted by Crippen LogP contribution is -2.45. The van der Waals surface area contributed by atoms with Gasteiger partial charge in [0, 0.05) is 22.7 Å². The summed E-state index contributed by atoms with van der Waals surface area (Å²) in [5.41, 5.74) is 0.892. The molecule has 1 rings (SSSR count). The fraction of sp³-hybridized carbons (Fsp3) is 0.429. The zero-order chi connectivity index (χ0) is 14.6. The molecule has 1 aromatic rings. The Bertz CT molecular complexity index is 480. The monoisotopic (exact) mass is 283 g/mol. The van der Waals surface area contributed by atoms with Crippen molar-refractivity contribution >= 4 is 24.0 Å². The highest BCUT2D eigenvalue weighted by Crippen LogP contribution is 2.20. The van der Waals surface area contributed by atoms with Crippen LogP contribution in [0.15, 0.2) is 18.2 Å². The summed E-state index contributed by atoms with van der Waals surface area (Å²) in [6.45, 7) is 5.90. The number of carboxylic acid groups (broad SMARTS) is 1. The van der Waals surface area contributed by atoms with Gasteiger partial charge in [0.2, 0.25) is 0 Å². The summed E-state index contributed by atoms with van der Waals surface area (Å²) in [7, 11) is 0. The van der Waals surface area contributed by atoms with Crippen LogP contribution in [0.2, 0.25) is 5.02 Å². The average molecular weight is 284 g/mol. The topological polar surface area (TPSA) is 57.6 Å². The molecule has 0 aliphatic rings. The minimum Gasteiger partial charge on any atom is -0.465 e. The first-order valence-electron chi connectivity index (χ1n) is 6.00. The molecule has 0 fully saturated rings. The number of benzene rings is 1. The van der Waals surface area contributed by atoms with Gasteiger partial charge in [-0.2, -0.15) is 0 Å². The summed E-state index contributed by atoms with van der Waals surface area (Å²) < 4.78 is 0. The van der Waals surface area contributed by atoms with Crippen LogP contribution in [0.5, 0.6) is 0 Å². The number of amides is 1. The van der Waals surface area contributed by atoms with Crippen molar-refractivity contribution in [1.82, 2.24) is 4.90 Å². The fourth-order valence-electron chi connectivity index (χ4n) is 1.79. The molecule has 0 saturated carbocycles. The van der Waals surface area contributed by atoms with Crippen LogP contribution >= 0.6 is 11.6 Å². The van der Waals surface area contributed by atoms with Crippen LogP contribution in [-0.2, 0) is 6.42 Å². The molecule has 5 heteroatoms. The van der Waals surface area contributed by atoms with E-state index in [1.54, 1.807) is 18.2 Å². The van der Waals surface area contributed by atoms with Gasteiger partial charge in [0.15, 0.2) is 0 Å². The Morgan fingerprint density at radius 2 is 2.05 bits per heavy atom. The molecule has 104 valence electrons. The van der Waals surface area contributed by atoms with E-state index in [0.29, 0.717) is 23.6 Å². The third-order valence-corrected chi connectivity index (χ3v) is 3.21. The van der Waals surface area contributed by atoms with Gasteiger partial charge in [-0.1, -0.05) is 23.7 Å². The minimum absolute atomic E-state index is 0.360. The quantitative estimate of drug-likeness (QED) is 0.861. The van der Waals surface area contributed by atoms with E-state index in [1.807, 2.05) is 20.8 Å². The van der Waals surface area contributed by atoms with Crippen LogP contribution in [0.1, 0.15) is 36.7 Å². The van der Waals surface area contributed by atoms with Gasteiger partial charge < -0.3 is 10.0 Å². The van der Waals surface area contributed by atoms with Crippen molar-refractivity contribution in [2.45, 2.75) is 32.7 Å². The molecular weight excluding hydrogens is 266 g/mol. The van der Waals surface area contributed by atoms with Gasteiger partial charge in [-0.3, -0.25) is 4.79 Å². The first-order chi connectivity index (χ1) is 8.75. The van der Waals surface area contributed by atoms with Crippen molar-refractivity contribution in [2.75, 3.05) is 6.54 Å². The largest absolute Gasteiger partial charge is 0.465 e. The van der Waals surface area contributed by atoms with Gasteiger partial charge in [0.25, 0.3) is 0 Å². The Kier molecular flexibility index (Phi) is 4.95. The first-order valence-corrected chi connectivity index (χ1v) is 6.37. The Balaban J connectivity index is 2.80. The third kappa shape index (κ3) is 4.24. The Morgan fingerprint density at radius 3 is 2.47 bits per heavy atom. The van der Waals surface area contributed by atoms with Crippen molar-refractivity contribution in [3.05, 3.63) is 34.3 Å². The Morgan fingerprint density at radius 1 is 1.42 bits per heavy atom. The average Bonchev–Trinajstić information content (AvgIpc) is 2.28. The SMILES string of the molecule is CC(C)(C)N(CCc1ccc(C=O)cc1Cl)C(=O)O. The van der Waals surface area contributed by atoms with Crippen molar-refractivity contribution in [3.8, 4) is 0 Å². The maximum Gasteiger partial charge on any atom is 0.407 e. The van der Waals surface area contributed by atoms with E-state index in [9.17, 15) is 14.7 Å². The normalized spacial score (nSPS) is 11.2. The highest BCUT2D eigenvalue weighted by atomic mass is 35.5. The maximum atomic E-state index is 11.2. The molecule has 0 bridgehead atoms. The molecule has 0 heterocycles. The molecule has 1 aromatic carbocycles. The first kappa shape index (κ1) is 15.5.